The Hall–Kier alpha value is -2.04. The van der Waals surface area contributed by atoms with Crippen molar-refractivity contribution in [1.82, 2.24) is 0 Å². The summed E-state index contributed by atoms with van der Waals surface area (Å²) in [6.07, 6.45) is 7.65. The number of hydrogen-bond acceptors (Lipinski definition) is 3. The molecule has 0 bridgehead atoms. The first kappa shape index (κ1) is 17.8. The van der Waals surface area contributed by atoms with Gasteiger partial charge in [0.1, 0.15) is 5.75 Å². The third-order valence-corrected chi connectivity index (χ3v) is 6.01. The average Bonchev–Trinajstić information content (AvgIpc) is 3.44. The summed E-state index contributed by atoms with van der Waals surface area (Å²) in [4.78, 5) is 22.5. The van der Waals surface area contributed by atoms with Gasteiger partial charge in [0.25, 0.3) is 0 Å². The normalized spacial score (nSPS) is 19.4. The minimum Gasteiger partial charge on any atom is -0.508 e. The predicted octanol–water partition coefficient (Wildman–Crippen LogP) is 3.77. The zero-order chi connectivity index (χ0) is 18.1. The van der Waals surface area contributed by atoms with Crippen LogP contribution in [0.4, 0.5) is 0 Å². The summed E-state index contributed by atoms with van der Waals surface area (Å²) in [5.41, 5.74) is 1.20. The topological polar surface area (TPSA) is 94.8 Å². The number of phenolic OH excluding ortho intramolecular Hbond substituents is 1. The monoisotopic (exact) mass is 346 g/mol. The van der Waals surface area contributed by atoms with E-state index in [2.05, 4.69) is 0 Å². The summed E-state index contributed by atoms with van der Waals surface area (Å²) in [6.45, 7) is 0. The molecular weight excluding hydrogens is 320 g/mol. The lowest BCUT2D eigenvalue weighted by Crippen LogP contribution is -2.15. The van der Waals surface area contributed by atoms with Gasteiger partial charge in [0, 0.05) is 0 Å². The molecule has 136 valence electrons. The van der Waals surface area contributed by atoms with E-state index in [1.807, 2.05) is 6.07 Å². The fourth-order valence-corrected chi connectivity index (χ4v) is 3.77. The van der Waals surface area contributed by atoms with Crippen LogP contribution in [0.3, 0.4) is 0 Å². The third-order valence-electron chi connectivity index (χ3n) is 6.01. The lowest BCUT2D eigenvalue weighted by Gasteiger charge is -2.14. The number of benzene rings is 1. The summed E-state index contributed by atoms with van der Waals surface area (Å²) in [6, 6.07) is 5.34. The molecule has 0 spiro atoms. The molecule has 0 saturated heterocycles. The van der Waals surface area contributed by atoms with E-state index in [1.165, 1.54) is 0 Å². The van der Waals surface area contributed by atoms with Crippen LogP contribution in [0.1, 0.15) is 62.5 Å². The fraction of sp³-hybridized carbons (Fsp3) is 0.600. The summed E-state index contributed by atoms with van der Waals surface area (Å²) in [5.74, 6) is -1.14. The SMILES string of the molecule is O=C(O)C1(CCCc2ccc(O)cc2CCCC2(C(=O)O)CC2)CC1. The molecule has 5 heteroatoms. The van der Waals surface area contributed by atoms with Crippen LogP contribution in [0, 0.1) is 10.8 Å². The number of carboxylic acids is 2. The van der Waals surface area contributed by atoms with Gasteiger partial charge in [0.2, 0.25) is 0 Å². The molecule has 0 heterocycles. The van der Waals surface area contributed by atoms with Crippen molar-refractivity contribution >= 4 is 11.9 Å². The highest BCUT2D eigenvalue weighted by atomic mass is 16.4. The predicted molar refractivity (Wildman–Crippen MR) is 92.6 cm³/mol. The number of phenols is 1. The van der Waals surface area contributed by atoms with Crippen molar-refractivity contribution < 1.29 is 24.9 Å². The molecule has 1 aromatic carbocycles. The van der Waals surface area contributed by atoms with Crippen LogP contribution < -0.4 is 0 Å². The largest absolute Gasteiger partial charge is 0.508 e. The van der Waals surface area contributed by atoms with E-state index in [1.54, 1.807) is 12.1 Å². The van der Waals surface area contributed by atoms with E-state index >= 15 is 0 Å². The van der Waals surface area contributed by atoms with Gasteiger partial charge in [-0.2, -0.15) is 0 Å². The first-order chi connectivity index (χ1) is 11.9. The highest BCUT2D eigenvalue weighted by Crippen LogP contribution is 2.51. The van der Waals surface area contributed by atoms with Gasteiger partial charge in [-0.25, -0.2) is 0 Å². The van der Waals surface area contributed by atoms with E-state index in [4.69, 9.17) is 0 Å². The molecule has 0 aromatic heterocycles. The van der Waals surface area contributed by atoms with E-state index < -0.39 is 22.8 Å². The summed E-state index contributed by atoms with van der Waals surface area (Å²) < 4.78 is 0. The molecule has 2 fully saturated rings. The van der Waals surface area contributed by atoms with Gasteiger partial charge >= 0.3 is 11.9 Å². The minimum atomic E-state index is -0.688. The van der Waals surface area contributed by atoms with Crippen LogP contribution in [0.2, 0.25) is 0 Å². The van der Waals surface area contributed by atoms with E-state index in [0.717, 1.165) is 62.5 Å². The maximum atomic E-state index is 11.3. The second kappa shape index (κ2) is 6.70. The number of carboxylic acid groups (broad SMARTS) is 2. The first-order valence-corrected chi connectivity index (χ1v) is 9.15. The van der Waals surface area contributed by atoms with E-state index in [0.29, 0.717) is 12.8 Å². The molecule has 2 saturated carbocycles. The molecular formula is C20H26O5. The molecule has 0 amide bonds. The van der Waals surface area contributed by atoms with Crippen LogP contribution >= 0.6 is 0 Å². The maximum Gasteiger partial charge on any atom is 0.309 e. The molecule has 0 aliphatic heterocycles. The molecule has 2 aliphatic rings. The highest BCUT2D eigenvalue weighted by Gasteiger charge is 2.50. The van der Waals surface area contributed by atoms with Crippen LogP contribution in [-0.4, -0.2) is 27.3 Å². The molecule has 2 aliphatic carbocycles. The van der Waals surface area contributed by atoms with Gasteiger partial charge in [-0.15, -0.1) is 0 Å². The summed E-state index contributed by atoms with van der Waals surface area (Å²) in [5, 5.41) is 28.3. The van der Waals surface area contributed by atoms with Gasteiger partial charge in [0.05, 0.1) is 10.8 Å². The van der Waals surface area contributed by atoms with Crippen molar-refractivity contribution in [2.75, 3.05) is 0 Å². The first-order valence-electron chi connectivity index (χ1n) is 9.15. The van der Waals surface area contributed by atoms with Crippen molar-refractivity contribution in [3.05, 3.63) is 29.3 Å². The molecule has 0 atom stereocenters. The molecule has 5 nitrogen and oxygen atoms in total. The Kier molecular flexibility index (Phi) is 4.76. The second-order valence-corrected chi connectivity index (χ2v) is 7.83. The standard InChI is InChI=1S/C20H26O5/c21-16-6-5-14(3-1-7-19(9-10-19)17(22)23)15(13-16)4-2-8-20(11-12-20)18(24)25/h5-6,13,21H,1-4,7-12H2,(H,22,23)(H,24,25). The number of hydrogen-bond donors (Lipinski definition) is 3. The average molecular weight is 346 g/mol. The fourth-order valence-electron chi connectivity index (χ4n) is 3.77. The maximum absolute atomic E-state index is 11.3. The van der Waals surface area contributed by atoms with Gasteiger partial charge in [-0.05, 0) is 87.5 Å². The number of aryl methyl sites for hydroxylation is 2. The molecule has 3 rings (SSSR count). The Balaban J connectivity index is 1.55. The molecule has 3 N–H and O–H groups in total. The van der Waals surface area contributed by atoms with E-state index in [-0.39, 0.29) is 5.75 Å². The highest BCUT2D eigenvalue weighted by molar-refractivity contribution is 5.78. The van der Waals surface area contributed by atoms with Crippen LogP contribution in [0.5, 0.6) is 5.75 Å². The van der Waals surface area contributed by atoms with Gasteiger partial charge in [-0.3, -0.25) is 9.59 Å². The number of aromatic hydroxyl groups is 1. The summed E-state index contributed by atoms with van der Waals surface area (Å²) in [7, 11) is 0. The zero-order valence-corrected chi connectivity index (χ0v) is 14.5. The lowest BCUT2D eigenvalue weighted by molar-refractivity contribution is -0.144. The second-order valence-electron chi connectivity index (χ2n) is 7.83. The van der Waals surface area contributed by atoms with Gasteiger partial charge in [-0.1, -0.05) is 6.07 Å². The number of rotatable bonds is 10. The van der Waals surface area contributed by atoms with Crippen LogP contribution in [0.25, 0.3) is 0 Å². The number of carbonyl (C=O) groups is 2. The smallest absolute Gasteiger partial charge is 0.309 e. The Labute approximate surface area is 147 Å². The molecule has 1 aromatic rings. The van der Waals surface area contributed by atoms with Crippen molar-refractivity contribution in [3.8, 4) is 5.75 Å². The zero-order valence-electron chi connectivity index (χ0n) is 14.5. The molecule has 0 radical (unpaired) electrons. The molecule has 25 heavy (non-hydrogen) atoms. The Bertz CT molecular complexity index is 671. The Morgan fingerprint density at radius 2 is 1.32 bits per heavy atom. The Morgan fingerprint density at radius 1 is 0.840 bits per heavy atom. The van der Waals surface area contributed by atoms with Gasteiger partial charge < -0.3 is 15.3 Å². The number of aliphatic carboxylic acids is 2. The van der Waals surface area contributed by atoms with Crippen molar-refractivity contribution in [1.29, 1.82) is 0 Å². The van der Waals surface area contributed by atoms with Crippen LogP contribution in [-0.2, 0) is 22.4 Å². The minimum absolute atomic E-state index is 0.224. The van der Waals surface area contributed by atoms with E-state index in [9.17, 15) is 24.9 Å². The summed E-state index contributed by atoms with van der Waals surface area (Å²) >= 11 is 0. The van der Waals surface area contributed by atoms with Crippen LogP contribution in [0.15, 0.2) is 18.2 Å². The van der Waals surface area contributed by atoms with Crippen molar-refractivity contribution in [2.24, 2.45) is 10.8 Å². The third kappa shape index (κ3) is 3.97. The van der Waals surface area contributed by atoms with Crippen molar-refractivity contribution in [3.63, 3.8) is 0 Å². The van der Waals surface area contributed by atoms with Gasteiger partial charge in [0.15, 0.2) is 0 Å². The lowest BCUT2D eigenvalue weighted by atomic mass is 9.92. The van der Waals surface area contributed by atoms with Crippen molar-refractivity contribution in [2.45, 2.75) is 64.2 Å². The molecule has 0 unspecified atom stereocenters. The Morgan fingerprint density at radius 3 is 1.76 bits per heavy atom. The quantitative estimate of drug-likeness (QED) is 0.599.